The first kappa shape index (κ1) is 15.5. The van der Waals surface area contributed by atoms with E-state index >= 15 is 0 Å². The molecule has 1 heterocycles. The normalized spacial score (nSPS) is 14.2. The molecule has 0 fully saturated rings. The van der Waals surface area contributed by atoms with E-state index in [1.165, 1.54) is 0 Å². The van der Waals surface area contributed by atoms with Crippen molar-refractivity contribution in [1.29, 1.82) is 0 Å². The monoisotopic (exact) mass is 289 g/mol. The lowest BCUT2D eigenvalue weighted by atomic mass is 9.89. The highest BCUT2D eigenvalue weighted by atomic mass is 16.5. The summed E-state index contributed by atoms with van der Waals surface area (Å²) in [6, 6.07) is 7.93. The molecule has 1 aromatic heterocycles. The van der Waals surface area contributed by atoms with E-state index in [-0.39, 0.29) is 12.0 Å². The minimum Gasteiger partial charge on any atom is -0.496 e. The quantitative estimate of drug-likeness (QED) is 0.885. The van der Waals surface area contributed by atoms with Crippen molar-refractivity contribution in [3.05, 3.63) is 30.2 Å². The van der Waals surface area contributed by atoms with E-state index in [0.717, 1.165) is 11.3 Å². The lowest BCUT2D eigenvalue weighted by Gasteiger charge is -2.23. The van der Waals surface area contributed by atoms with Crippen LogP contribution in [-0.4, -0.2) is 30.3 Å². The summed E-state index contributed by atoms with van der Waals surface area (Å²) in [7, 11) is 3.58. The van der Waals surface area contributed by atoms with Crippen molar-refractivity contribution in [2.45, 2.75) is 32.7 Å². The standard InChI is InChI=1S/C16H23N3O2/c1-10(2)14(11(3)17-4)16-18-15(19-21-16)12-8-6-7-9-13(12)20-5/h6-11,14,17H,1-5H3. The topological polar surface area (TPSA) is 60.2 Å². The maximum Gasteiger partial charge on any atom is 0.231 e. The first-order chi connectivity index (χ1) is 10.1. The van der Waals surface area contributed by atoms with Crippen LogP contribution in [0.4, 0.5) is 0 Å². The summed E-state index contributed by atoms with van der Waals surface area (Å²) in [5.74, 6) is 2.54. The number of hydrogen-bond acceptors (Lipinski definition) is 5. The van der Waals surface area contributed by atoms with E-state index in [1.54, 1.807) is 7.11 Å². The largest absolute Gasteiger partial charge is 0.496 e. The summed E-state index contributed by atoms with van der Waals surface area (Å²) in [4.78, 5) is 4.58. The Bertz CT molecular complexity index is 580. The fourth-order valence-corrected chi connectivity index (χ4v) is 2.57. The van der Waals surface area contributed by atoms with Gasteiger partial charge in [-0.15, -0.1) is 0 Å². The highest BCUT2D eigenvalue weighted by molar-refractivity contribution is 5.63. The first-order valence-electron chi connectivity index (χ1n) is 7.22. The summed E-state index contributed by atoms with van der Waals surface area (Å²) in [6.07, 6.45) is 0. The average molecular weight is 289 g/mol. The van der Waals surface area contributed by atoms with E-state index in [9.17, 15) is 0 Å². The Hall–Kier alpha value is -1.88. The molecule has 1 aromatic carbocycles. The molecule has 114 valence electrons. The lowest BCUT2D eigenvalue weighted by Crippen LogP contribution is -2.32. The van der Waals surface area contributed by atoms with Gasteiger partial charge in [0.15, 0.2) is 0 Å². The van der Waals surface area contributed by atoms with E-state index in [0.29, 0.717) is 17.6 Å². The molecular weight excluding hydrogens is 266 g/mol. The Morgan fingerprint density at radius 1 is 1.19 bits per heavy atom. The molecule has 0 aliphatic heterocycles. The fourth-order valence-electron chi connectivity index (χ4n) is 2.57. The average Bonchev–Trinajstić information content (AvgIpc) is 2.96. The molecule has 0 saturated carbocycles. The van der Waals surface area contributed by atoms with Gasteiger partial charge in [-0.05, 0) is 32.0 Å². The van der Waals surface area contributed by atoms with Crippen molar-refractivity contribution < 1.29 is 9.26 Å². The molecule has 2 aromatic rings. The lowest BCUT2D eigenvalue weighted by molar-refractivity contribution is 0.286. The minimum atomic E-state index is 0.172. The highest BCUT2D eigenvalue weighted by Gasteiger charge is 2.28. The van der Waals surface area contributed by atoms with E-state index in [1.807, 2.05) is 31.3 Å². The molecule has 2 unspecified atom stereocenters. The fraction of sp³-hybridized carbons (Fsp3) is 0.500. The van der Waals surface area contributed by atoms with Crippen molar-refractivity contribution in [3.63, 3.8) is 0 Å². The van der Waals surface area contributed by atoms with Gasteiger partial charge in [0.05, 0.1) is 18.6 Å². The van der Waals surface area contributed by atoms with Gasteiger partial charge in [0.2, 0.25) is 11.7 Å². The second kappa shape index (κ2) is 6.72. The number of ether oxygens (including phenoxy) is 1. The van der Waals surface area contributed by atoms with Gasteiger partial charge in [0.1, 0.15) is 5.75 Å². The Kier molecular flexibility index (Phi) is 4.96. The molecule has 0 aliphatic rings. The van der Waals surface area contributed by atoms with Gasteiger partial charge in [-0.25, -0.2) is 0 Å². The van der Waals surface area contributed by atoms with E-state index < -0.39 is 0 Å². The predicted molar refractivity (Wildman–Crippen MR) is 82.4 cm³/mol. The van der Waals surface area contributed by atoms with Gasteiger partial charge < -0.3 is 14.6 Å². The van der Waals surface area contributed by atoms with Crippen LogP contribution < -0.4 is 10.1 Å². The van der Waals surface area contributed by atoms with Gasteiger partial charge in [-0.1, -0.05) is 31.1 Å². The van der Waals surface area contributed by atoms with Crippen molar-refractivity contribution in [2.75, 3.05) is 14.2 Å². The zero-order valence-electron chi connectivity index (χ0n) is 13.3. The molecule has 21 heavy (non-hydrogen) atoms. The number of benzene rings is 1. The first-order valence-corrected chi connectivity index (χ1v) is 7.22. The third-order valence-electron chi connectivity index (χ3n) is 3.79. The molecule has 0 amide bonds. The molecule has 2 rings (SSSR count). The maximum atomic E-state index is 5.51. The zero-order chi connectivity index (χ0) is 15.4. The van der Waals surface area contributed by atoms with Crippen molar-refractivity contribution in [1.82, 2.24) is 15.5 Å². The molecule has 0 spiro atoms. The number of nitrogens with zero attached hydrogens (tertiary/aromatic N) is 2. The number of methoxy groups -OCH3 is 1. The molecule has 0 saturated heterocycles. The second-order valence-electron chi connectivity index (χ2n) is 5.50. The molecule has 0 bridgehead atoms. The van der Waals surface area contributed by atoms with Crippen LogP contribution in [0.3, 0.4) is 0 Å². The van der Waals surface area contributed by atoms with Crippen LogP contribution in [0.2, 0.25) is 0 Å². The van der Waals surface area contributed by atoms with Gasteiger partial charge in [0.25, 0.3) is 0 Å². The Morgan fingerprint density at radius 2 is 1.90 bits per heavy atom. The SMILES string of the molecule is CNC(C)C(c1nc(-c2ccccc2OC)no1)C(C)C. The van der Waals surface area contributed by atoms with E-state index in [4.69, 9.17) is 9.26 Å². The molecule has 1 N–H and O–H groups in total. The molecular formula is C16H23N3O2. The van der Waals surface area contributed by atoms with Gasteiger partial charge in [-0.2, -0.15) is 4.98 Å². The van der Waals surface area contributed by atoms with Crippen molar-refractivity contribution in [2.24, 2.45) is 5.92 Å². The van der Waals surface area contributed by atoms with Crippen LogP contribution in [0.1, 0.15) is 32.6 Å². The number of rotatable bonds is 6. The molecule has 5 heteroatoms. The predicted octanol–water partition coefficient (Wildman–Crippen LogP) is 3.09. The number of likely N-dealkylation sites (N-methyl/N-ethyl adjacent to an activating group) is 1. The third kappa shape index (κ3) is 3.24. The number of aromatic nitrogens is 2. The summed E-state index contributed by atoms with van der Waals surface area (Å²) < 4.78 is 10.9. The van der Waals surface area contributed by atoms with Crippen LogP contribution in [0, 0.1) is 5.92 Å². The number of para-hydroxylation sites is 1. The molecule has 2 atom stereocenters. The maximum absolute atomic E-state index is 5.51. The van der Waals surface area contributed by atoms with Crippen molar-refractivity contribution in [3.8, 4) is 17.1 Å². The van der Waals surface area contributed by atoms with Crippen molar-refractivity contribution >= 4 is 0 Å². The number of hydrogen-bond donors (Lipinski definition) is 1. The zero-order valence-corrected chi connectivity index (χ0v) is 13.3. The van der Waals surface area contributed by atoms with Crippen LogP contribution in [-0.2, 0) is 0 Å². The smallest absolute Gasteiger partial charge is 0.231 e. The summed E-state index contributed by atoms with van der Waals surface area (Å²) >= 11 is 0. The minimum absolute atomic E-state index is 0.172. The van der Waals surface area contributed by atoms with Crippen LogP contribution in [0.25, 0.3) is 11.4 Å². The molecule has 5 nitrogen and oxygen atoms in total. The molecule has 0 aliphatic carbocycles. The Morgan fingerprint density at radius 3 is 2.52 bits per heavy atom. The van der Waals surface area contributed by atoms with Crippen LogP contribution in [0.5, 0.6) is 5.75 Å². The number of nitrogens with one attached hydrogen (secondary N) is 1. The van der Waals surface area contributed by atoms with Gasteiger partial charge >= 0.3 is 0 Å². The third-order valence-corrected chi connectivity index (χ3v) is 3.79. The second-order valence-corrected chi connectivity index (χ2v) is 5.50. The Labute approximate surface area is 125 Å². The van der Waals surface area contributed by atoms with Gasteiger partial charge in [0, 0.05) is 6.04 Å². The van der Waals surface area contributed by atoms with Crippen LogP contribution >= 0.6 is 0 Å². The summed E-state index contributed by atoms with van der Waals surface area (Å²) in [5, 5.41) is 7.39. The summed E-state index contributed by atoms with van der Waals surface area (Å²) in [6.45, 7) is 6.44. The van der Waals surface area contributed by atoms with Gasteiger partial charge in [-0.3, -0.25) is 0 Å². The summed E-state index contributed by atoms with van der Waals surface area (Å²) in [5.41, 5.74) is 0.842. The van der Waals surface area contributed by atoms with Crippen LogP contribution in [0.15, 0.2) is 28.8 Å². The Balaban J connectivity index is 2.36. The highest BCUT2D eigenvalue weighted by Crippen LogP contribution is 2.31. The molecule has 0 radical (unpaired) electrons. The van der Waals surface area contributed by atoms with E-state index in [2.05, 4.69) is 36.2 Å².